The van der Waals surface area contributed by atoms with E-state index in [0.717, 1.165) is 82.3 Å². The van der Waals surface area contributed by atoms with Gasteiger partial charge in [0, 0.05) is 32.5 Å². The van der Waals surface area contributed by atoms with Crippen LogP contribution in [0.2, 0.25) is 0 Å². The maximum Gasteiger partial charge on any atom is 0.236 e. The van der Waals surface area contributed by atoms with Gasteiger partial charge in [-0.25, -0.2) is 9.97 Å². The number of nitrogens with zero attached hydrogens (tertiary/aromatic N) is 3. The highest BCUT2D eigenvalue weighted by atomic mass is 16.3. The van der Waals surface area contributed by atoms with E-state index >= 15 is 0 Å². The van der Waals surface area contributed by atoms with Gasteiger partial charge < -0.3 is 8.83 Å². The van der Waals surface area contributed by atoms with E-state index in [9.17, 15) is 0 Å². The molecule has 0 saturated heterocycles. The first-order valence-electron chi connectivity index (χ1n) is 14.3. The van der Waals surface area contributed by atoms with Gasteiger partial charge in [-0.1, -0.05) is 91.0 Å². The number of furan rings is 2. The van der Waals surface area contributed by atoms with E-state index < -0.39 is 0 Å². The average Bonchev–Trinajstić information content (AvgIpc) is 3.71. The van der Waals surface area contributed by atoms with Crippen LogP contribution >= 0.6 is 0 Å². The van der Waals surface area contributed by atoms with Gasteiger partial charge in [0.15, 0.2) is 5.58 Å². The Balaban J connectivity index is 1.37. The molecule has 0 radical (unpaired) electrons. The first-order valence-corrected chi connectivity index (χ1v) is 14.3. The monoisotopic (exact) mass is 551 g/mol. The zero-order valence-corrected chi connectivity index (χ0v) is 22.8. The lowest BCUT2D eigenvalue weighted by Gasteiger charge is -2.09. The van der Waals surface area contributed by atoms with Gasteiger partial charge in [-0.15, -0.1) is 0 Å². The van der Waals surface area contributed by atoms with Crippen molar-refractivity contribution in [3.8, 4) is 17.2 Å². The molecule has 0 N–H and O–H groups in total. The number of hydrogen-bond acceptors (Lipinski definition) is 4. The quantitative estimate of drug-likeness (QED) is 0.214. The topological polar surface area (TPSA) is 57.0 Å². The molecule has 200 valence electrons. The highest BCUT2D eigenvalue weighted by Gasteiger charge is 2.22. The van der Waals surface area contributed by atoms with Crippen LogP contribution in [0.15, 0.2) is 136 Å². The molecular weight excluding hydrogens is 530 g/mol. The molecule has 5 nitrogen and oxygen atoms in total. The molecule has 0 fully saturated rings. The Kier molecular flexibility index (Phi) is 4.39. The summed E-state index contributed by atoms with van der Waals surface area (Å²) < 4.78 is 15.0. The predicted octanol–water partition coefficient (Wildman–Crippen LogP) is 10.2. The van der Waals surface area contributed by atoms with Crippen molar-refractivity contribution in [1.82, 2.24) is 14.5 Å². The first kappa shape index (κ1) is 22.7. The second-order valence-electron chi connectivity index (χ2n) is 11.0. The fourth-order valence-corrected chi connectivity index (χ4v) is 6.61. The van der Waals surface area contributed by atoms with Crippen LogP contribution in [-0.4, -0.2) is 14.5 Å². The van der Waals surface area contributed by atoms with Crippen molar-refractivity contribution in [3.05, 3.63) is 127 Å². The molecule has 0 bridgehead atoms. The molecule has 0 unspecified atom stereocenters. The SMILES string of the molecule is c1ccc(-c2nc(-n3c4ccccc4c4cc5oc6ccccc6c5cc43)nc3c2oc2cc4ccccc4cc23)cc1. The maximum atomic E-state index is 6.54. The van der Waals surface area contributed by atoms with Gasteiger partial charge in [-0.3, -0.25) is 4.57 Å². The first-order chi connectivity index (χ1) is 21.3. The van der Waals surface area contributed by atoms with Crippen LogP contribution in [0.25, 0.3) is 93.8 Å². The Bertz CT molecular complexity index is 2730. The third-order valence-corrected chi connectivity index (χ3v) is 8.59. The second-order valence-corrected chi connectivity index (χ2v) is 11.0. The van der Waals surface area contributed by atoms with Crippen molar-refractivity contribution >= 4 is 76.6 Å². The summed E-state index contributed by atoms with van der Waals surface area (Å²) in [6, 6.07) is 43.8. The lowest BCUT2D eigenvalue weighted by molar-refractivity contribution is 0.667. The molecule has 4 heterocycles. The zero-order valence-electron chi connectivity index (χ0n) is 22.8. The Morgan fingerprint density at radius 3 is 2.07 bits per heavy atom. The Morgan fingerprint density at radius 1 is 0.465 bits per heavy atom. The molecule has 10 rings (SSSR count). The van der Waals surface area contributed by atoms with Crippen molar-refractivity contribution < 1.29 is 8.83 Å². The molecule has 0 spiro atoms. The normalized spacial score (nSPS) is 12.2. The molecule has 0 aliphatic rings. The lowest BCUT2D eigenvalue weighted by atomic mass is 10.1. The van der Waals surface area contributed by atoms with Crippen molar-refractivity contribution in [2.45, 2.75) is 0 Å². The summed E-state index contributed by atoms with van der Waals surface area (Å²) in [5.41, 5.74) is 7.82. The highest BCUT2D eigenvalue weighted by Crippen LogP contribution is 2.40. The van der Waals surface area contributed by atoms with Crippen LogP contribution in [0.4, 0.5) is 0 Å². The molecule has 0 saturated carbocycles. The molecule has 0 aliphatic carbocycles. The summed E-state index contributed by atoms with van der Waals surface area (Å²) in [4.78, 5) is 10.5. The van der Waals surface area contributed by atoms with E-state index in [0.29, 0.717) is 11.5 Å². The standard InChI is InChI=1S/C38H21N3O2/c1-2-10-22(11-3-1)35-37-36(29-18-23-12-4-5-13-24(23)19-33(29)43-37)40-38(39-35)41-30-16-8-6-14-25(30)27-21-34-28(20-31(27)41)26-15-7-9-17-32(26)42-34/h1-21H. The van der Waals surface area contributed by atoms with Gasteiger partial charge in [0.1, 0.15) is 28.0 Å². The fraction of sp³-hybridized carbons (Fsp3) is 0. The van der Waals surface area contributed by atoms with Gasteiger partial charge in [-0.05, 0) is 47.2 Å². The van der Waals surface area contributed by atoms with Gasteiger partial charge in [0.05, 0.1) is 11.0 Å². The smallest absolute Gasteiger partial charge is 0.236 e. The number of rotatable bonds is 2. The summed E-state index contributed by atoms with van der Waals surface area (Å²) in [6.45, 7) is 0. The summed E-state index contributed by atoms with van der Waals surface area (Å²) in [7, 11) is 0. The molecule has 6 aromatic carbocycles. The van der Waals surface area contributed by atoms with Gasteiger partial charge in [-0.2, -0.15) is 0 Å². The maximum absolute atomic E-state index is 6.54. The molecule has 10 aromatic rings. The highest BCUT2D eigenvalue weighted by molar-refractivity contribution is 6.17. The van der Waals surface area contributed by atoms with Crippen LogP contribution < -0.4 is 0 Å². The third kappa shape index (κ3) is 3.16. The number of aromatic nitrogens is 3. The number of fused-ring (bicyclic) bond motifs is 10. The summed E-state index contributed by atoms with van der Waals surface area (Å²) in [6.07, 6.45) is 0. The van der Waals surface area contributed by atoms with Gasteiger partial charge in [0.25, 0.3) is 0 Å². The Morgan fingerprint density at radius 2 is 1.19 bits per heavy atom. The summed E-state index contributed by atoms with van der Waals surface area (Å²) >= 11 is 0. The molecule has 5 heteroatoms. The Hall–Kier alpha value is -5.94. The van der Waals surface area contributed by atoms with E-state index in [1.165, 1.54) is 0 Å². The van der Waals surface area contributed by atoms with Crippen molar-refractivity contribution in [1.29, 1.82) is 0 Å². The summed E-state index contributed by atoms with van der Waals surface area (Å²) in [5.74, 6) is 0.598. The van der Waals surface area contributed by atoms with Crippen LogP contribution in [0.3, 0.4) is 0 Å². The third-order valence-electron chi connectivity index (χ3n) is 8.59. The second kappa shape index (κ2) is 8.30. The lowest BCUT2D eigenvalue weighted by Crippen LogP contribution is -2.02. The van der Waals surface area contributed by atoms with E-state index in [4.69, 9.17) is 18.8 Å². The average molecular weight is 552 g/mol. The molecule has 4 aromatic heterocycles. The van der Waals surface area contributed by atoms with Crippen molar-refractivity contribution in [3.63, 3.8) is 0 Å². The van der Waals surface area contributed by atoms with Crippen molar-refractivity contribution in [2.24, 2.45) is 0 Å². The summed E-state index contributed by atoms with van der Waals surface area (Å²) in [5, 5.41) is 7.61. The zero-order chi connectivity index (χ0) is 28.1. The predicted molar refractivity (Wildman–Crippen MR) is 174 cm³/mol. The number of para-hydroxylation sites is 2. The molecule has 0 atom stereocenters. The molecule has 43 heavy (non-hydrogen) atoms. The number of hydrogen-bond donors (Lipinski definition) is 0. The van der Waals surface area contributed by atoms with E-state index in [1.54, 1.807) is 0 Å². The fourth-order valence-electron chi connectivity index (χ4n) is 6.61. The van der Waals surface area contributed by atoms with Crippen LogP contribution in [0, 0.1) is 0 Å². The van der Waals surface area contributed by atoms with Gasteiger partial charge >= 0.3 is 0 Å². The van der Waals surface area contributed by atoms with E-state index in [1.807, 2.05) is 42.5 Å². The van der Waals surface area contributed by atoms with Gasteiger partial charge in [0.2, 0.25) is 5.95 Å². The van der Waals surface area contributed by atoms with E-state index in [2.05, 4.69) is 89.5 Å². The molecule has 0 amide bonds. The van der Waals surface area contributed by atoms with E-state index in [-0.39, 0.29) is 0 Å². The minimum absolute atomic E-state index is 0.598. The number of benzene rings is 6. The van der Waals surface area contributed by atoms with Crippen LogP contribution in [0.1, 0.15) is 0 Å². The minimum Gasteiger partial charge on any atom is -0.456 e. The largest absolute Gasteiger partial charge is 0.456 e. The van der Waals surface area contributed by atoms with Crippen molar-refractivity contribution in [2.75, 3.05) is 0 Å². The molecule has 0 aliphatic heterocycles. The molecular formula is C38H21N3O2. The minimum atomic E-state index is 0.598. The Labute approximate surface area is 244 Å². The van der Waals surface area contributed by atoms with Crippen LogP contribution in [-0.2, 0) is 0 Å². The van der Waals surface area contributed by atoms with Crippen LogP contribution in [0.5, 0.6) is 0 Å².